The van der Waals surface area contributed by atoms with Crippen molar-refractivity contribution in [2.24, 2.45) is 12.8 Å². The van der Waals surface area contributed by atoms with E-state index >= 15 is 0 Å². The number of rotatable bonds is 1. The second-order valence-corrected chi connectivity index (χ2v) is 3.99. The molecule has 0 bridgehead atoms. The molecule has 0 aliphatic carbocycles. The Morgan fingerprint density at radius 3 is 3.00 bits per heavy atom. The van der Waals surface area contributed by atoms with E-state index in [2.05, 4.69) is 16.1 Å². The highest BCUT2D eigenvalue weighted by Gasteiger charge is 2.15. The van der Waals surface area contributed by atoms with Gasteiger partial charge in [-0.2, -0.15) is 5.10 Å². The van der Waals surface area contributed by atoms with Gasteiger partial charge in [-0.25, -0.2) is 0 Å². The van der Waals surface area contributed by atoms with Crippen LogP contribution >= 0.6 is 0 Å². The SMILES string of the molecule is Cn1nccc1N1CCCC(N)CC1. The van der Waals surface area contributed by atoms with Gasteiger partial charge in [0.1, 0.15) is 5.82 Å². The Labute approximate surface area is 84.7 Å². The summed E-state index contributed by atoms with van der Waals surface area (Å²) in [5.74, 6) is 1.21. The Morgan fingerprint density at radius 2 is 2.29 bits per heavy atom. The molecule has 2 rings (SSSR count). The Bertz CT molecular complexity index is 294. The molecule has 1 fully saturated rings. The summed E-state index contributed by atoms with van der Waals surface area (Å²) in [7, 11) is 1.99. The molecule has 1 aromatic rings. The van der Waals surface area contributed by atoms with Gasteiger partial charge in [0.25, 0.3) is 0 Å². The predicted molar refractivity (Wildman–Crippen MR) is 57.2 cm³/mol. The van der Waals surface area contributed by atoms with Crippen LogP contribution in [0.2, 0.25) is 0 Å². The van der Waals surface area contributed by atoms with Crippen LogP contribution in [0.1, 0.15) is 19.3 Å². The molecule has 78 valence electrons. The highest BCUT2D eigenvalue weighted by Crippen LogP contribution is 2.17. The molecule has 1 atom stereocenters. The fraction of sp³-hybridized carbons (Fsp3) is 0.700. The van der Waals surface area contributed by atoms with Crippen molar-refractivity contribution in [3.63, 3.8) is 0 Å². The van der Waals surface area contributed by atoms with Crippen molar-refractivity contribution < 1.29 is 0 Å². The van der Waals surface area contributed by atoms with E-state index in [9.17, 15) is 0 Å². The van der Waals surface area contributed by atoms with Crippen LogP contribution in [-0.2, 0) is 7.05 Å². The zero-order chi connectivity index (χ0) is 9.97. The van der Waals surface area contributed by atoms with Gasteiger partial charge in [0.15, 0.2) is 0 Å². The first kappa shape index (κ1) is 9.52. The van der Waals surface area contributed by atoms with E-state index in [0.29, 0.717) is 6.04 Å². The van der Waals surface area contributed by atoms with Gasteiger partial charge in [0.05, 0.1) is 6.20 Å². The van der Waals surface area contributed by atoms with Crippen LogP contribution in [0.25, 0.3) is 0 Å². The standard InChI is InChI=1S/C10H18N4/c1-13-10(4-6-12-13)14-7-2-3-9(11)5-8-14/h4,6,9H,2-3,5,7-8,11H2,1H3. The smallest absolute Gasteiger partial charge is 0.126 e. The zero-order valence-electron chi connectivity index (χ0n) is 8.69. The lowest BCUT2D eigenvalue weighted by Gasteiger charge is -2.22. The van der Waals surface area contributed by atoms with Crippen LogP contribution in [-0.4, -0.2) is 28.9 Å². The van der Waals surface area contributed by atoms with Gasteiger partial charge in [-0.3, -0.25) is 4.68 Å². The van der Waals surface area contributed by atoms with Gasteiger partial charge >= 0.3 is 0 Å². The molecule has 1 unspecified atom stereocenters. The molecule has 0 spiro atoms. The molecule has 0 saturated carbocycles. The highest BCUT2D eigenvalue weighted by atomic mass is 15.4. The van der Waals surface area contributed by atoms with Crippen LogP contribution in [0.3, 0.4) is 0 Å². The second-order valence-electron chi connectivity index (χ2n) is 3.99. The van der Waals surface area contributed by atoms with Gasteiger partial charge in [-0.15, -0.1) is 0 Å². The predicted octanol–water partition coefficient (Wildman–Crippen LogP) is 0.738. The minimum atomic E-state index is 0.383. The van der Waals surface area contributed by atoms with Crippen molar-refractivity contribution in [3.05, 3.63) is 12.3 Å². The summed E-state index contributed by atoms with van der Waals surface area (Å²) in [5.41, 5.74) is 5.94. The van der Waals surface area contributed by atoms with E-state index in [1.54, 1.807) is 0 Å². The van der Waals surface area contributed by atoms with E-state index in [4.69, 9.17) is 5.73 Å². The van der Waals surface area contributed by atoms with Gasteiger partial charge < -0.3 is 10.6 Å². The topological polar surface area (TPSA) is 47.1 Å². The van der Waals surface area contributed by atoms with Gasteiger partial charge in [0, 0.05) is 32.2 Å². The lowest BCUT2D eigenvalue weighted by Crippen LogP contribution is -2.27. The van der Waals surface area contributed by atoms with E-state index in [1.807, 2.05) is 17.9 Å². The van der Waals surface area contributed by atoms with Gasteiger partial charge in [-0.05, 0) is 19.3 Å². The number of anilines is 1. The molecule has 4 heteroatoms. The Balaban J connectivity index is 2.08. The molecule has 2 heterocycles. The van der Waals surface area contributed by atoms with Crippen molar-refractivity contribution in [3.8, 4) is 0 Å². The van der Waals surface area contributed by atoms with Crippen LogP contribution in [0, 0.1) is 0 Å². The third kappa shape index (κ3) is 1.90. The number of nitrogens with zero attached hydrogens (tertiary/aromatic N) is 3. The summed E-state index contributed by atoms with van der Waals surface area (Å²) in [6, 6.07) is 2.45. The van der Waals surface area contributed by atoms with E-state index in [1.165, 1.54) is 12.2 Å². The van der Waals surface area contributed by atoms with E-state index < -0.39 is 0 Å². The molecule has 4 nitrogen and oxygen atoms in total. The average Bonchev–Trinajstić information content (AvgIpc) is 2.46. The fourth-order valence-corrected chi connectivity index (χ4v) is 2.03. The molecule has 1 aromatic heterocycles. The second kappa shape index (κ2) is 4.00. The highest BCUT2D eigenvalue weighted by molar-refractivity contribution is 5.38. The molecule has 0 aromatic carbocycles. The maximum absolute atomic E-state index is 5.94. The first-order chi connectivity index (χ1) is 6.77. The van der Waals surface area contributed by atoms with Crippen LogP contribution in [0.15, 0.2) is 12.3 Å². The molecule has 1 saturated heterocycles. The van der Waals surface area contributed by atoms with Crippen molar-refractivity contribution in [2.45, 2.75) is 25.3 Å². The molecular formula is C10H18N4. The van der Waals surface area contributed by atoms with Crippen molar-refractivity contribution >= 4 is 5.82 Å². The molecule has 0 amide bonds. The number of hydrogen-bond donors (Lipinski definition) is 1. The third-order valence-electron chi connectivity index (χ3n) is 2.89. The summed E-state index contributed by atoms with van der Waals surface area (Å²) in [6.07, 6.45) is 5.27. The first-order valence-electron chi connectivity index (χ1n) is 5.26. The van der Waals surface area contributed by atoms with Gasteiger partial charge in [-0.1, -0.05) is 0 Å². The lowest BCUT2D eigenvalue weighted by molar-refractivity contribution is 0.601. The number of aryl methyl sites for hydroxylation is 1. The minimum Gasteiger partial charge on any atom is -0.357 e. The molecule has 14 heavy (non-hydrogen) atoms. The van der Waals surface area contributed by atoms with Crippen LogP contribution < -0.4 is 10.6 Å². The molecule has 1 aliphatic heterocycles. The maximum Gasteiger partial charge on any atom is 0.126 e. The van der Waals surface area contributed by atoms with Crippen LogP contribution in [0.4, 0.5) is 5.82 Å². The first-order valence-corrected chi connectivity index (χ1v) is 5.26. The minimum absolute atomic E-state index is 0.383. The Morgan fingerprint density at radius 1 is 1.43 bits per heavy atom. The van der Waals surface area contributed by atoms with Crippen LogP contribution in [0.5, 0.6) is 0 Å². The normalized spacial score (nSPS) is 23.6. The molecule has 0 radical (unpaired) electrons. The van der Waals surface area contributed by atoms with Crippen molar-refractivity contribution in [2.75, 3.05) is 18.0 Å². The molecule has 1 aliphatic rings. The summed E-state index contributed by atoms with van der Waals surface area (Å²) < 4.78 is 1.93. The fourth-order valence-electron chi connectivity index (χ4n) is 2.03. The third-order valence-corrected chi connectivity index (χ3v) is 2.89. The quantitative estimate of drug-likeness (QED) is 0.717. The number of hydrogen-bond acceptors (Lipinski definition) is 3. The van der Waals surface area contributed by atoms with Crippen molar-refractivity contribution in [1.29, 1.82) is 0 Å². The largest absolute Gasteiger partial charge is 0.357 e. The lowest BCUT2D eigenvalue weighted by atomic mass is 10.1. The summed E-state index contributed by atoms with van der Waals surface area (Å²) in [5, 5.41) is 4.19. The summed E-state index contributed by atoms with van der Waals surface area (Å²) in [4.78, 5) is 2.37. The molecule has 2 N–H and O–H groups in total. The summed E-state index contributed by atoms with van der Waals surface area (Å²) >= 11 is 0. The zero-order valence-corrected chi connectivity index (χ0v) is 8.69. The van der Waals surface area contributed by atoms with Gasteiger partial charge in [0.2, 0.25) is 0 Å². The maximum atomic E-state index is 5.94. The average molecular weight is 194 g/mol. The van der Waals surface area contributed by atoms with Crippen molar-refractivity contribution in [1.82, 2.24) is 9.78 Å². The number of aromatic nitrogens is 2. The Kier molecular flexibility index (Phi) is 2.72. The molecular weight excluding hydrogens is 176 g/mol. The number of nitrogens with two attached hydrogens (primary N) is 1. The summed E-state index contributed by atoms with van der Waals surface area (Å²) in [6.45, 7) is 2.16. The Hall–Kier alpha value is -1.03. The monoisotopic (exact) mass is 194 g/mol. The van der Waals surface area contributed by atoms with E-state index in [-0.39, 0.29) is 0 Å². The van der Waals surface area contributed by atoms with E-state index in [0.717, 1.165) is 25.9 Å².